The quantitative estimate of drug-likeness (QED) is 0.0678. The number of imidazole rings is 2. The van der Waals surface area contributed by atoms with Crippen molar-refractivity contribution in [2.45, 2.75) is 110 Å². The Morgan fingerprint density at radius 2 is 1.50 bits per heavy atom. The molecule has 0 spiro atoms. The summed E-state index contributed by atoms with van der Waals surface area (Å²) in [5, 5.41) is 5.13. The molecule has 5 aromatic rings. The maximum Gasteiger partial charge on any atom is 0.407 e. The topological polar surface area (TPSA) is 201 Å². The standard InChI is InChI=1S/C46H53F2N9O6.C3H8.C2H2/c1-25(2)41(55-44(61)63-5)42(59)56(24-45(3)14-15-45)22-38-50-20-37(54-38)28-7-12-32-31-11-6-26(16-33(31)46(47,48)34(32)17-28)27-8-13-35-36(18-27)53-39(52-35)23-57(30-10-9-29(49)19-30)40(58)21-51-43(60)62-4;1-3-2;1-2/h6-8,11-13,16-18,20,25,29-30,41H,9-10,14-15,19,21-24,49H2,1-5H3,(H,50,54)(H,51,60)(H,52,53)(H,55,61);3H2,1-2H3;1-2H/t29-,30+,41?;;/m0../s1. The highest BCUT2D eigenvalue weighted by molar-refractivity contribution is 5.88. The summed E-state index contributed by atoms with van der Waals surface area (Å²) in [6.07, 6.45) is 13.5. The summed E-state index contributed by atoms with van der Waals surface area (Å²) in [7, 11) is 2.48. The first-order chi connectivity index (χ1) is 32.5. The third-order valence-electron chi connectivity index (χ3n) is 12.6. The van der Waals surface area contributed by atoms with Crippen LogP contribution in [0.3, 0.4) is 0 Å². The molecule has 4 amide bonds. The zero-order valence-corrected chi connectivity index (χ0v) is 39.9. The Kier molecular flexibility index (Phi) is 16.0. The number of benzene rings is 3. The van der Waals surface area contributed by atoms with E-state index >= 15 is 8.78 Å². The van der Waals surface area contributed by atoms with E-state index in [9.17, 15) is 19.2 Å². The molecule has 0 radical (unpaired) electrons. The van der Waals surface area contributed by atoms with E-state index in [0.717, 1.165) is 25.7 Å². The number of ether oxygens (including phenoxy) is 2. The Morgan fingerprint density at radius 3 is 2.10 bits per heavy atom. The fraction of sp³-hybridized carbons (Fsp3) is 0.451. The van der Waals surface area contributed by atoms with Gasteiger partial charge in [-0.3, -0.25) is 9.59 Å². The average Bonchev–Trinajstić information content (AvgIpc) is 3.72. The van der Waals surface area contributed by atoms with Gasteiger partial charge in [0.05, 0.1) is 50.2 Å². The summed E-state index contributed by atoms with van der Waals surface area (Å²) < 4.78 is 42.5. The molecular weight excluding hydrogens is 873 g/mol. The molecule has 2 aromatic heterocycles. The number of alkyl carbamates (subject to hydrolysis) is 2. The second-order valence-electron chi connectivity index (χ2n) is 18.4. The number of methoxy groups -OCH3 is 2. The van der Waals surface area contributed by atoms with Crippen molar-refractivity contribution in [3.63, 3.8) is 0 Å². The number of hydrogen-bond donors (Lipinski definition) is 5. The van der Waals surface area contributed by atoms with Gasteiger partial charge in [0.25, 0.3) is 5.92 Å². The highest BCUT2D eigenvalue weighted by atomic mass is 19.3. The largest absolute Gasteiger partial charge is 0.453 e. The molecule has 2 heterocycles. The molecular formula is C51H63F2N9O6. The Hall–Kier alpha value is -6.80. The van der Waals surface area contributed by atoms with Crippen LogP contribution in [0.15, 0.2) is 60.8 Å². The fourth-order valence-corrected chi connectivity index (χ4v) is 8.78. The summed E-state index contributed by atoms with van der Waals surface area (Å²) in [6, 6.07) is 14.6. The fourth-order valence-electron chi connectivity index (χ4n) is 8.78. The predicted molar refractivity (Wildman–Crippen MR) is 257 cm³/mol. The lowest BCUT2D eigenvalue weighted by atomic mass is 9.98. The third-order valence-corrected chi connectivity index (χ3v) is 12.6. The minimum atomic E-state index is -3.30. The molecule has 17 heteroatoms. The zero-order valence-electron chi connectivity index (χ0n) is 39.9. The number of carbonyl (C=O) groups is 4. The summed E-state index contributed by atoms with van der Waals surface area (Å²) in [5.74, 6) is -3.01. The number of hydrogen-bond acceptors (Lipinski definition) is 9. The van der Waals surface area contributed by atoms with Gasteiger partial charge in [-0.1, -0.05) is 71.4 Å². The number of carbonyl (C=O) groups excluding carboxylic acids is 4. The number of rotatable bonds is 14. The van der Waals surface area contributed by atoms with Crippen LogP contribution in [0, 0.1) is 24.2 Å². The van der Waals surface area contributed by atoms with E-state index in [1.165, 1.54) is 32.8 Å². The Morgan fingerprint density at radius 1 is 0.882 bits per heavy atom. The van der Waals surface area contributed by atoms with Crippen LogP contribution >= 0.6 is 0 Å². The van der Waals surface area contributed by atoms with Crippen molar-refractivity contribution in [3.05, 3.63) is 83.6 Å². The van der Waals surface area contributed by atoms with Crippen molar-refractivity contribution in [1.82, 2.24) is 40.4 Å². The number of aromatic nitrogens is 4. The maximum atomic E-state index is 16.5. The van der Waals surface area contributed by atoms with Gasteiger partial charge >= 0.3 is 12.2 Å². The molecule has 6 N–H and O–H groups in total. The van der Waals surface area contributed by atoms with Crippen LogP contribution in [-0.2, 0) is 38.1 Å². The number of nitrogens with two attached hydrogens (primary N) is 1. The van der Waals surface area contributed by atoms with E-state index in [2.05, 4.69) is 63.9 Å². The molecule has 0 saturated heterocycles. The van der Waals surface area contributed by atoms with Crippen molar-refractivity contribution in [2.24, 2.45) is 17.1 Å². The molecule has 0 aliphatic heterocycles. The first-order valence-electron chi connectivity index (χ1n) is 23.0. The van der Waals surface area contributed by atoms with Crippen LogP contribution in [-0.4, -0.2) is 99.2 Å². The van der Waals surface area contributed by atoms with Crippen LogP contribution in [0.5, 0.6) is 0 Å². The van der Waals surface area contributed by atoms with Crippen LogP contribution in [0.4, 0.5) is 18.4 Å². The van der Waals surface area contributed by atoms with Crippen LogP contribution in [0.1, 0.15) is 95.9 Å². The summed E-state index contributed by atoms with van der Waals surface area (Å²) in [5.41, 5.74) is 10.5. The summed E-state index contributed by atoms with van der Waals surface area (Å²) in [4.78, 5) is 70.1. The van der Waals surface area contributed by atoms with E-state index < -0.39 is 24.2 Å². The third kappa shape index (κ3) is 11.3. The van der Waals surface area contributed by atoms with E-state index in [4.69, 9.17) is 15.5 Å². The zero-order chi connectivity index (χ0) is 49.5. The molecule has 15 nitrogen and oxygen atoms in total. The number of halogens is 2. The van der Waals surface area contributed by atoms with E-state index in [-0.39, 0.29) is 66.0 Å². The predicted octanol–water partition coefficient (Wildman–Crippen LogP) is 8.48. The van der Waals surface area contributed by atoms with Crippen molar-refractivity contribution in [3.8, 4) is 46.4 Å². The molecule has 362 valence electrons. The highest BCUT2D eigenvalue weighted by Gasteiger charge is 2.45. The number of nitrogens with zero attached hydrogens (tertiary/aromatic N) is 4. The molecule has 2 fully saturated rings. The van der Waals surface area contributed by atoms with Gasteiger partial charge in [0.15, 0.2) is 0 Å². The van der Waals surface area contributed by atoms with Gasteiger partial charge in [-0.05, 0) is 90.0 Å². The molecule has 3 aromatic carbocycles. The minimum absolute atomic E-state index is 0.0264. The van der Waals surface area contributed by atoms with Gasteiger partial charge in [0, 0.05) is 35.3 Å². The van der Waals surface area contributed by atoms with Crippen LogP contribution < -0.4 is 16.4 Å². The first kappa shape index (κ1) is 50.6. The average molecular weight is 936 g/mol. The first-order valence-corrected chi connectivity index (χ1v) is 23.0. The van der Waals surface area contributed by atoms with Gasteiger partial charge in [-0.2, -0.15) is 8.78 Å². The number of aromatic amines is 2. The van der Waals surface area contributed by atoms with Crippen LogP contribution in [0.2, 0.25) is 0 Å². The number of alkyl halides is 2. The van der Waals surface area contributed by atoms with Crippen molar-refractivity contribution in [2.75, 3.05) is 27.3 Å². The van der Waals surface area contributed by atoms with Gasteiger partial charge in [0.1, 0.15) is 24.2 Å². The van der Waals surface area contributed by atoms with Gasteiger partial charge in [-0.15, -0.1) is 12.8 Å². The highest BCUT2D eigenvalue weighted by Crippen LogP contribution is 2.53. The van der Waals surface area contributed by atoms with Gasteiger partial charge in [-0.25, -0.2) is 19.6 Å². The molecule has 3 aliphatic carbocycles. The van der Waals surface area contributed by atoms with Gasteiger partial charge < -0.3 is 45.6 Å². The molecule has 2 saturated carbocycles. The number of H-pyrrole nitrogens is 2. The van der Waals surface area contributed by atoms with Crippen molar-refractivity contribution in [1.29, 1.82) is 0 Å². The SMILES string of the molecule is C#C.CCC.COC(=O)NCC(=O)N(Cc1nc2ccc(-c3ccc4c(c3)C(F)(F)c3cc(-c5cnc(CN(CC6(C)CC6)C(=O)C(NC(=O)OC)C(C)C)[nH]5)ccc3-4)cc2[nH]1)[C@@H]1CC[C@H](N)C1. The molecule has 8 rings (SSSR count). The smallest absolute Gasteiger partial charge is 0.407 e. The second-order valence-corrected chi connectivity index (χ2v) is 18.4. The van der Waals surface area contributed by atoms with Crippen LogP contribution in [0.25, 0.3) is 44.5 Å². The Labute approximate surface area is 396 Å². The monoisotopic (exact) mass is 935 g/mol. The van der Waals surface area contributed by atoms with E-state index in [1.54, 1.807) is 34.2 Å². The minimum Gasteiger partial charge on any atom is -0.453 e. The van der Waals surface area contributed by atoms with Crippen molar-refractivity contribution >= 4 is 35.0 Å². The Balaban J connectivity index is 0.00000146. The number of amides is 4. The second kappa shape index (κ2) is 21.4. The normalized spacial score (nSPS) is 17.3. The molecule has 3 aliphatic rings. The van der Waals surface area contributed by atoms with Gasteiger partial charge in [0.2, 0.25) is 11.8 Å². The van der Waals surface area contributed by atoms with E-state index in [1.807, 2.05) is 38.1 Å². The molecule has 3 atom stereocenters. The number of fused-ring (bicyclic) bond motifs is 4. The molecule has 68 heavy (non-hydrogen) atoms. The Bertz CT molecular complexity index is 2640. The molecule has 0 bridgehead atoms. The van der Waals surface area contributed by atoms with Crippen molar-refractivity contribution < 1.29 is 37.4 Å². The molecule has 1 unspecified atom stereocenters. The number of nitrogens with one attached hydrogen (secondary N) is 4. The summed E-state index contributed by atoms with van der Waals surface area (Å²) >= 11 is 0. The number of terminal acetylenes is 1. The lowest BCUT2D eigenvalue weighted by Gasteiger charge is -2.31. The maximum absolute atomic E-state index is 16.5. The lowest BCUT2D eigenvalue weighted by molar-refractivity contribution is -0.136. The lowest BCUT2D eigenvalue weighted by Crippen LogP contribution is -2.52. The van der Waals surface area contributed by atoms with E-state index in [0.29, 0.717) is 69.2 Å². The summed E-state index contributed by atoms with van der Waals surface area (Å²) in [6.45, 7) is 10.6.